The number of halogens is 4. The molecule has 1 unspecified atom stereocenters. The Morgan fingerprint density at radius 3 is 2.43 bits per heavy atom. The molecule has 0 saturated carbocycles. The summed E-state index contributed by atoms with van der Waals surface area (Å²) in [6.45, 7) is 1.71. The van der Waals surface area contributed by atoms with Gasteiger partial charge in [0.15, 0.2) is 0 Å². The van der Waals surface area contributed by atoms with Gasteiger partial charge in [-0.15, -0.1) is 0 Å². The summed E-state index contributed by atoms with van der Waals surface area (Å²) in [6, 6.07) is 9.06. The van der Waals surface area contributed by atoms with Crippen molar-refractivity contribution in [1.29, 1.82) is 0 Å². The molecule has 0 aliphatic rings. The average molecular weight is 298 g/mol. The Balaban J connectivity index is 2.21. The Morgan fingerprint density at radius 2 is 1.81 bits per heavy atom. The first kappa shape index (κ1) is 15.5. The molecule has 0 radical (unpaired) electrons. The predicted octanol–water partition coefficient (Wildman–Crippen LogP) is 4.43. The molecule has 0 saturated heterocycles. The summed E-state index contributed by atoms with van der Waals surface area (Å²) in [4.78, 5) is 0. The molecule has 0 fully saturated rings. The zero-order valence-electron chi connectivity index (χ0n) is 11.3. The highest BCUT2D eigenvalue weighted by atomic mass is 19.4. The molecule has 1 atom stereocenters. The van der Waals surface area contributed by atoms with Crippen LogP contribution in [-0.4, -0.2) is 5.11 Å². The molecular formula is C16H14F4O. The van der Waals surface area contributed by atoms with Crippen molar-refractivity contribution < 1.29 is 22.7 Å². The molecule has 2 aromatic carbocycles. The fourth-order valence-electron chi connectivity index (χ4n) is 2.11. The van der Waals surface area contributed by atoms with Crippen LogP contribution in [0.4, 0.5) is 17.6 Å². The van der Waals surface area contributed by atoms with Crippen LogP contribution in [0.2, 0.25) is 0 Å². The molecule has 2 rings (SSSR count). The Bertz CT molecular complexity index is 634. The highest BCUT2D eigenvalue weighted by Crippen LogP contribution is 2.30. The van der Waals surface area contributed by atoms with Crippen LogP contribution in [0.3, 0.4) is 0 Å². The molecule has 2 aromatic rings. The van der Waals surface area contributed by atoms with Gasteiger partial charge in [0.2, 0.25) is 0 Å². The molecule has 112 valence electrons. The van der Waals surface area contributed by atoms with Crippen molar-refractivity contribution in [3.8, 4) is 0 Å². The van der Waals surface area contributed by atoms with Gasteiger partial charge in [-0.05, 0) is 30.2 Å². The molecule has 0 bridgehead atoms. The highest BCUT2D eigenvalue weighted by Gasteiger charge is 2.30. The van der Waals surface area contributed by atoms with E-state index in [9.17, 15) is 22.7 Å². The number of aliphatic hydroxyl groups is 1. The summed E-state index contributed by atoms with van der Waals surface area (Å²) in [6.07, 6.45) is -5.70. The van der Waals surface area contributed by atoms with Crippen LogP contribution in [0, 0.1) is 12.7 Å². The van der Waals surface area contributed by atoms with Crippen LogP contribution in [0.25, 0.3) is 0 Å². The molecular weight excluding hydrogens is 284 g/mol. The van der Waals surface area contributed by atoms with E-state index >= 15 is 0 Å². The number of aryl methyl sites for hydroxylation is 1. The van der Waals surface area contributed by atoms with Crippen molar-refractivity contribution in [1.82, 2.24) is 0 Å². The van der Waals surface area contributed by atoms with E-state index in [-0.39, 0.29) is 12.0 Å². The van der Waals surface area contributed by atoms with Gasteiger partial charge in [-0.25, -0.2) is 4.39 Å². The second-order valence-electron chi connectivity index (χ2n) is 4.94. The van der Waals surface area contributed by atoms with Gasteiger partial charge < -0.3 is 5.11 Å². The van der Waals surface area contributed by atoms with Crippen molar-refractivity contribution >= 4 is 0 Å². The third-order valence-corrected chi connectivity index (χ3v) is 3.20. The lowest BCUT2D eigenvalue weighted by Crippen LogP contribution is -2.08. The molecule has 5 heteroatoms. The first-order valence-corrected chi connectivity index (χ1v) is 6.37. The van der Waals surface area contributed by atoms with Crippen LogP contribution in [0.5, 0.6) is 0 Å². The minimum Gasteiger partial charge on any atom is -0.388 e. The Morgan fingerprint density at radius 1 is 1.10 bits per heavy atom. The first-order valence-electron chi connectivity index (χ1n) is 6.37. The summed E-state index contributed by atoms with van der Waals surface area (Å²) in [5.74, 6) is -0.561. The molecule has 0 aliphatic heterocycles. The third kappa shape index (κ3) is 3.82. The summed E-state index contributed by atoms with van der Waals surface area (Å²) >= 11 is 0. The van der Waals surface area contributed by atoms with Crippen molar-refractivity contribution in [2.45, 2.75) is 25.6 Å². The van der Waals surface area contributed by atoms with Gasteiger partial charge >= 0.3 is 6.18 Å². The van der Waals surface area contributed by atoms with E-state index in [0.29, 0.717) is 11.1 Å². The zero-order valence-corrected chi connectivity index (χ0v) is 11.3. The minimum absolute atomic E-state index is 0.0795. The number of hydrogen-bond donors (Lipinski definition) is 1. The maximum Gasteiger partial charge on any atom is 0.416 e. The maximum atomic E-state index is 13.7. The van der Waals surface area contributed by atoms with Gasteiger partial charge in [0.05, 0.1) is 11.7 Å². The van der Waals surface area contributed by atoms with Gasteiger partial charge in [-0.3, -0.25) is 0 Å². The lowest BCUT2D eigenvalue weighted by atomic mass is 9.98. The number of alkyl halides is 3. The SMILES string of the molecule is Cc1ccc(C(O)Cc2cccc(C(F)(F)F)c2)c(F)c1. The van der Waals surface area contributed by atoms with Crippen LogP contribution in [-0.2, 0) is 12.6 Å². The minimum atomic E-state index is -4.43. The van der Waals surface area contributed by atoms with Crippen molar-refractivity contribution in [3.63, 3.8) is 0 Å². The molecule has 0 amide bonds. The van der Waals surface area contributed by atoms with E-state index in [4.69, 9.17) is 0 Å². The summed E-state index contributed by atoms with van der Waals surface area (Å²) < 4.78 is 51.6. The van der Waals surface area contributed by atoms with Gasteiger partial charge in [0.25, 0.3) is 0 Å². The van der Waals surface area contributed by atoms with Crippen LogP contribution in [0.15, 0.2) is 42.5 Å². The number of aliphatic hydroxyl groups excluding tert-OH is 1. The summed E-state index contributed by atoms with van der Waals surface area (Å²) in [5.41, 5.74) is 0.314. The second kappa shape index (κ2) is 5.85. The largest absolute Gasteiger partial charge is 0.416 e. The monoisotopic (exact) mass is 298 g/mol. The molecule has 21 heavy (non-hydrogen) atoms. The van der Waals surface area contributed by atoms with Crippen LogP contribution in [0.1, 0.15) is 28.4 Å². The smallest absolute Gasteiger partial charge is 0.388 e. The molecule has 1 N–H and O–H groups in total. The van der Waals surface area contributed by atoms with Gasteiger partial charge in [0, 0.05) is 12.0 Å². The number of benzene rings is 2. The van der Waals surface area contributed by atoms with Crippen molar-refractivity contribution in [3.05, 3.63) is 70.5 Å². The van der Waals surface area contributed by atoms with Gasteiger partial charge in [-0.1, -0.05) is 30.3 Å². The zero-order chi connectivity index (χ0) is 15.6. The first-order chi connectivity index (χ1) is 9.77. The van der Waals surface area contributed by atoms with Crippen molar-refractivity contribution in [2.75, 3.05) is 0 Å². The number of rotatable bonds is 3. The normalized spacial score (nSPS) is 13.2. The van der Waals surface area contributed by atoms with E-state index in [1.54, 1.807) is 13.0 Å². The fourth-order valence-corrected chi connectivity index (χ4v) is 2.11. The topological polar surface area (TPSA) is 20.2 Å². The van der Waals surface area contributed by atoms with Gasteiger partial charge in [0.1, 0.15) is 5.82 Å². The van der Waals surface area contributed by atoms with Crippen LogP contribution >= 0.6 is 0 Å². The molecule has 0 heterocycles. The van der Waals surface area contributed by atoms with E-state index in [1.807, 2.05) is 0 Å². The molecule has 0 aromatic heterocycles. The Kier molecular flexibility index (Phi) is 4.32. The third-order valence-electron chi connectivity index (χ3n) is 3.20. The Labute approximate surface area is 119 Å². The average Bonchev–Trinajstić information content (AvgIpc) is 2.37. The maximum absolute atomic E-state index is 13.7. The molecule has 0 spiro atoms. The van der Waals surface area contributed by atoms with E-state index in [2.05, 4.69) is 0 Å². The Hall–Kier alpha value is -1.88. The second-order valence-corrected chi connectivity index (χ2v) is 4.94. The summed E-state index contributed by atoms with van der Waals surface area (Å²) in [5, 5.41) is 10.0. The number of hydrogen-bond acceptors (Lipinski definition) is 1. The highest BCUT2D eigenvalue weighted by molar-refractivity contribution is 5.29. The lowest BCUT2D eigenvalue weighted by Gasteiger charge is -2.14. The molecule has 0 aliphatic carbocycles. The van der Waals surface area contributed by atoms with E-state index < -0.39 is 23.7 Å². The lowest BCUT2D eigenvalue weighted by molar-refractivity contribution is -0.137. The molecule has 1 nitrogen and oxygen atoms in total. The predicted molar refractivity (Wildman–Crippen MR) is 71.2 cm³/mol. The standard InChI is InChI=1S/C16H14F4O/c1-10-5-6-13(14(17)7-10)15(21)9-11-3-2-4-12(8-11)16(18,19)20/h2-8,15,21H,9H2,1H3. The van der Waals surface area contributed by atoms with E-state index in [1.165, 1.54) is 24.3 Å². The van der Waals surface area contributed by atoms with Crippen molar-refractivity contribution in [2.24, 2.45) is 0 Å². The van der Waals surface area contributed by atoms with Gasteiger partial charge in [-0.2, -0.15) is 13.2 Å². The fraction of sp³-hybridized carbons (Fsp3) is 0.250. The van der Waals surface area contributed by atoms with Crippen LogP contribution < -0.4 is 0 Å². The summed E-state index contributed by atoms with van der Waals surface area (Å²) in [7, 11) is 0. The van der Waals surface area contributed by atoms with E-state index in [0.717, 1.165) is 12.1 Å². The quantitative estimate of drug-likeness (QED) is 0.831.